The van der Waals surface area contributed by atoms with E-state index in [1.54, 1.807) is 0 Å². The van der Waals surface area contributed by atoms with Gasteiger partial charge in [0.25, 0.3) is 0 Å². The van der Waals surface area contributed by atoms with Crippen molar-refractivity contribution in [3.8, 4) is 0 Å². The van der Waals surface area contributed by atoms with Gasteiger partial charge in [-0.15, -0.1) is 10.2 Å². The highest BCUT2D eigenvalue weighted by atomic mass is 16.5. The predicted octanol–water partition coefficient (Wildman–Crippen LogP) is 1.60. The highest BCUT2D eigenvalue weighted by molar-refractivity contribution is 5.47. The summed E-state index contributed by atoms with van der Waals surface area (Å²) in [6.07, 6.45) is 3.39. The first-order valence-corrected chi connectivity index (χ1v) is 10.7. The van der Waals surface area contributed by atoms with Gasteiger partial charge in [0, 0.05) is 51.4 Å². The molecule has 0 amide bonds. The maximum Gasteiger partial charge on any atom is 0.150 e. The molecule has 5 rings (SSSR count). The van der Waals surface area contributed by atoms with Crippen LogP contribution in [0.1, 0.15) is 36.1 Å². The predicted molar refractivity (Wildman–Crippen MR) is 108 cm³/mol. The van der Waals surface area contributed by atoms with Crippen molar-refractivity contribution in [3.05, 3.63) is 41.5 Å². The Bertz CT molecular complexity index is 783. The number of morpholine rings is 1. The molecule has 1 unspecified atom stereocenters. The minimum Gasteiger partial charge on any atom is -0.378 e. The van der Waals surface area contributed by atoms with Gasteiger partial charge in [0.05, 0.1) is 19.3 Å². The lowest BCUT2D eigenvalue weighted by molar-refractivity contribution is 0.122. The highest BCUT2D eigenvalue weighted by Crippen LogP contribution is 2.33. The van der Waals surface area contributed by atoms with Crippen LogP contribution >= 0.6 is 0 Å². The van der Waals surface area contributed by atoms with E-state index in [2.05, 4.69) is 54.1 Å². The van der Waals surface area contributed by atoms with Gasteiger partial charge in [-0.05, 0) is 37.1 Å². The monoisotopic (exact) mass is 382 g/mol. The molecule has 4 heterocycles. The maximum absolute atomic E-state index is 5.46. The van der Waals surface area contributed by atoms with Gasteiger partial charge in [-0.3, -0.25) is 4.90 Å². The molecule has 2 fully saturated rings. The summed E-state index contributed by atoms with van der Waals surface area (Å²) in [6, 6.07) is 9.49. The SMILES string of the molecule is c1cc(N2CCOCC2)ccc1CN1CCCC1c1nnc2n1CCNCC2. The third kappa shape index (κ3) is 3.66. The Kier molecular flexibility index (Phi) is 5.29. The Balaban J connectivity index is 1.29. The highest BCUT2D eigenvalue weighted by Gasteiger charge is 2.31. The van der Waals surface area contributed by atoms with Crippen LogP contribution < -0.4 is 10.2 Å². The molecule has 1 aromatic heterocycles. The largest absolute Gasteiger partial charge is 0.378 e. The van der Waals surface area contributed by atoms with Crippen LogP contribution in [-0.2, 0) is 24.2 Å². The molecule has 0 spiro atoms. The Labute approximate surface area is 166 Å². The second-order valence-corrected chi connectivity index (χ2v) is 8.02. The van der Waals surface area contributed by atoms with Crippen molar-refractivity contribution in [3.63, 3.8) is 0 Å². The van der Waals surface area contributed by atoms with Gasteiger partial charge < -0.3 is 19.5 Å². The van der Waals surface area contributed by atoms with Gasteiger partial charge in [0.15, 0.2) is 0 Å². The number of likely N-dealkylation sites (tertiary alicyclic amines) is 1. The first-order valence-electron chi connectivity index (χ1n) is 10.7. The summed E-state index contributed by atoms with van der Waals surface area (Å²) < 4.78 is 7.83. The molecule has 28 heavy (non-hydrogen) atoms. The van der Waals surface area contributed by atoms with Gasteiger partial charge in [-0.25, -0.2) is 0 Å². The third-order valence-corrected chi connectivity index (χ3v) is 6.25. The van der Waals surface area contributed by atoms with Crippen LogP contribution in [0.5, 0.6) is 0 Å². The van der Waals surface area contributed by atoms with E-state index in [0.29, 0.717) is 6.04 Å². The zero-order chi connectivity index (χ0) is 18.8. The van der Waals surface area contributed by atoms with E-state index in [4.69, 9.17) is 4.74 Å². The van der Waals surface area contributed by atoms with Gasteiger partial charge in [-0.2, -0.15) is 0 Å². The average Bonchev–Trinajstić information content (AvgIpc) is 3.29. The van der Waals surface area contributed by atoms with E-state index in [1.165, 1.54) is 29.9 Å². The van der Waals surface area contributed by atoms with Crippen molar-refractivity contribution in [2.45, 2.75) is 38.4 Å². The number of nitrogens with zero attached hydrogens (tertiary/aromatic N) is 5. The number of ether oxygens (including phenoxy) is 1. The van der Waals surface area contributed by atoms with Crippen molar-refractivity contribution in [1.29, 1.82) is 0 Å². The molecule has 0 aliphatic carbocycles. The molecule has 1 N–H and O–H groups in total. The van der Waals surface area contributed by atoms with Gasteiger partial charge in [0.2, 0.25) is 0 Å². The number of hydrogen-bond donors (Lipinski definition) is 1. The van der Waals surface area contributed by atoms with Crippen molar-refractivity contribution in [2.24, 2.45) is 0 Å². The Morgan fingerprint density at radius 2 is 1.86 bits per heavy atom. The van der Waals surface area contributed by atoms with E-state index in [9.17, 15) is 0 Å². The van der Waals surface area contributed by atoms with Crippen LogP contribution in [-0.4, -0.2) is 65.6 Å². The molecule has 2 aromatic rings. The van der Waals surface area contributed by atoms with Crippen LogP contribution in [0.25, 0.3) is 0 Å². The number of aromatic nitrogens is 3. The summed E-state index contributed by atoms with van der Waals surface area (Å²) in [5.41, 5.74) is 2.68. The molecule has 1 aromatic carbocycles. The number of fused-ring (bicyclic) bond motifs is 1. The molecule has 2 saturated heterocycles. The third-order valence-electron chi connectivity index (χ3n) is 6.25. The summed E-state index contributed by atoms with van der Waals surface area (Å²) in [7, 11) is 0. The molecule has 3 aliphatic rings. The maximum atomic E-state index is 5.46. The number of nitrogens with one attached hydrogen (secondary N) is 1. The van der Waals surface area contributed by atoms with Crippen molar-refractivity contribution < 1.29 is 4.74 Å². The summed E-state index contributed by atoms with van der Waals surface area (Å²) in [5.74, 6) is 2.31. The minimum atomic E-state index is 0.387. The molecule has 0 bridgehead atoms. The molecule has 3 aliphatic heterocycles. The quantitative estimate of drug-likeness (QED) is 0.867. The molecule has 0 saturated carbocycles. The lowest BCUT2D eigenvalue weighted by atomic mass is 10.1. The van der Waals surface area contributed by atoms with Gasteiger partial charge >= 0.3 is 0 Å². The molecule has 7 nitrogen and oxygen atoms in total. The number of rotatable bonds is 4. The summed E-state index contributed by atoms with van der Waals surface area (Å²) in [4.78, 5) is 4.99. The van der Waals surface area contributed by atoms with Crippen LogP contribution in [0.15, 0.2) is 24.3 Å². The molecule has 150 valence electrons. The van der Waals surface area contributed by atoms with Gasteiger partial charge in [0.1, 0.15) is 11.6 Å². The normalized spacial score (nSPS) is 23.6. The lowest BCUT2D eigenvalue weighted by Crippen LogP contribution is -2.36. The van der Waals surface area contributed by atoms with E-state index >= 15 is 0 Å². The fraction of sp³-hybridized carbons (Fsp3) is 0.619. The number of hydrogen-bond acceptors (Lipinski definition) is 6. The van der Waals surface area contributed by atoms with E-state index in [1.807, 2.05) is 0 Å². The summed E-state index contributed by atoms with van der Waals surface area (Å²) in [5, 5.41) is 12.6. The lowest BCUT2D eigenvalue weighted by Gasteiger charge is -2.29. The molecular weight excluding hydrogens is 352 g/mol. The number of benzene rings is 1. The second kappa shape index (κ2) is 8.19. The van der Waals surface area contributed by atoms with Crippen LogP contribution in [0, 0.1) is 0 Å². The Morgan fingerprint density at radius 3 is 2.71 bits per heavy atom. The van der Waals surface area contributed by atoms with E-state index in [-0.39, 0.29) is 0 Å². The van der Waals surface area contributed by atoms with E-state index < -0.39 is 0 Å². The van der Waals surface area contributed by atoms with E-state index in [0.717, 1.165) is 71.3 Å². The fourth-order valence-electron chi connectivity index (χ4n) is 4.72. The van der Waals surface area contributed by atoms with Crippen molar-refractivity contribution >= 4 is 5.69 Å². The molecule has 1 atom stereocenters. The Morgan fingerprint density at radius 1 is 1.00 bits per heavy atom. The number of anilines is 1. The average molecular weight is 383 g/mol. The zero-order valence-corrected chi connectivity index (χ0v) is 16.5. The Hall–Kier alpha value is -1.96. The summed E-state index contributed by atoms with van der Waals surface area (Å²) in [6.45, 7) is 8.74. The van der Waals surface area contributed by atoms with Crippen molar-refractivity contribution in [1.82, 2.24) is 25.0 Å². The molecule has 0 radical (unpaired) electrons. The van der Waals surface area contributed by atoms with Crippen LogP contribution in [0.3, 0.4) is 0 Å². The first kappa shape index (κ1) is 18.1. The van der Waals surface area contributed by atoms with Crippen LogP contribution in [0.4, 0.5) is 5.69 Å². The molecular formula is C21H30N6O. The smallest absolute Gasteiger partial charge is 0.150 e. The van der Waals surface area contributed by atoms with Crippen molar-refractivity contribution in [2.75, 3.05) is 50.8 Å². The minimum absolute atomic E-state index is 0.387. The molecule has 7 heteroatoms. The van der Waals surface area contributed by atoms with Gasteiger partial charge in [-0.1, -0.05) is 12.1 Å². The first-order chi connectivity index (χ1) is 13.9. The fourth-order valence-corrected chi connectivity index (χ4v) is 4.72. The van der Waals surface area contributed by atoms with Crippen LogP contribution in [0.2, 0.25) is 0 Å². The standard InChI is InChI=1S/C21H30N6O/c1-2-19(21-24-23-20-7-8-22-9-11-27(20)21)26(10-1)16-17-3-5-18(6-4-17)25-12-14-28-15-13-25/h3-6,19,22H,1-2,7-16H2. The second-order valence-electron chi connectivity index (χ2n) is 8.02. The zero-order valence-electron chi connectivity index (χ0n) is 16.5. The summed E-state index contributed by atoms with van der Waals surface area (Å²) >= 11 is 0. The topological polar surface area (TPSA) is 58.5 Å².